The number of carbonyl (C=O) groups is 2. The predicted octanol–water partition coefficient (Wildman–Crippen LogP) is 2.06. The van der Waals surface area contributed by atoms with Crippen LogP contribution < -0.4 is 5.32 Å². The van der Waals surface area contributed by atoms with Crippen LogP contribution in [0.15, 0.2) is 24.3 Å². The molecule has 5 nitrogen and oxygen atoms in total. The number of carbonyl (C=O) groups excluding carboxylic acids is 2. The molecule has 3 rings (SSSR count). The molecule has 2 heterocycles. The monoisotopic (exact) mass is 343 g/mol. The van der Waals surface area contributed by atoms with Crippen molar-refractivity contribution in [2.45, 2.75) is 51.1 Å². The van der Waals surface area contributed by atoms with Gasteiger partial charge in [0.25, 0.3) is 5.91 Å². The van der Waals surface area contributed by atoms with Crippen molar-refractivity contribution >= 4 is 11.8 Å². The normalized spacial score (nSPS) is 23.8. The molecule has 0 saturated carbocycles. The second kappa shape index (κ2) is 8.00. The van der Waals surface area contributed by atoms with E-state index in [0.29, 0.717) is 18.6 Å². The SMILES string of the molecule is CC(=O)NCCc1ccc(C(=O)N2CCC[C@@H]2[C@H]2CCCN2C)cc1. The summed E-state index contributed by atoms with van der Waals surface area (Å²) in [4.78, 5) is 28.4. The van der Waals surface area contributed by atoms with Crippen LogP contribution in [0.2, 0.25) is 0 Å². The van der Waals surface area contributed by atoms with Gasteiger partial charge in [-0.05, 0) is 63.4 Å². The summed E-state index contributed by atoms with van der Waals surface area (Å²) >= 11 is 0. The molecule has 5 heteroatoms. The number of amides is 2. The zero-order valence-corrected chi connectivity index (χ0v) is 15.3. The molecule has 1 N–H and O–H groups in total. The largest absolute Gasteiger partial charge is 0.356 e. The van der Waals surface area contributed by atoms with Crippen LogP contribution in [-0.2, 0) is 11.2 Å². The van der Waals surface area contributed by atoms with E-state index in [-0.39, 0.29) is 11.8 Å². The minimum Gasteiger partial charge on any atom is -0.356 e. The van der Waals surface area contributed by atoms with Gasteiger partial charge in [0, 0.05) is 37.7 Å². The number of hydrogen-bond acceptors (Lipinski definition) is 3. The quantitative estimate of drug-likeness (QED) is 0.890. The van der Waals surface area contributed by atoms with Crippen LogP contribution in [-0.4, -0.2) is 60.4 Å². The topological polar surface area (TPSA) is 52.7 Å². The number of hydrogen-bond donors (Lipinski definition) is 1. The molecule has 25 heavy (non-hydrogen) atoms. The lowest BCUT2D eigenvalue weighted by Crippen LogP contribution is -2.47. The van der Waals surface area contributed by atoms with Crippen LogP contribution in [0, 0.1) is 0 Å². The van der Waals surface area contributed by atoms with Crippen molar-refractivity contribution in [1.82, 2.24) is 15.1 Å². The highest BCUT2D eigenvalue weighted by Gasteiger charge is 2.38. The van der Waals surface area contributed by atoms with Crippen molar-refractivity contribution in [3.63, 3.8) is 0 Å². The number of likely N-dealkylation sites (tertiary alicyclic amines) is 2. The van der Waals surface area contributed by atoms with Gasteiger partial charge in [0.1, 0.15) is 0 Å². The van der Waals surface area contributed by atoms with Crippen LogP contribution in [0.4, 0.5) is 0 Å². The summed E-state index contributed by atoms with van der Waals surface area (Å²) in [6.45, 7) is 4.17. The van der Waals surface area contributed by atoms with Crippen molar-refractivity contribution in [2.24, 2.45) is 0 Å². The van der Waals surface area contributed by atoms with Gasteiger partial charge in [-0.25, -0.2) is 0 Å². The van der Waals surface area contributed by atoms with E-state index in [1.165, 1.54) is 19.8 Å². The first-order valence-corrected chi connectivity index (χ1v) is 9.41. The van der Waals surface area contributed by atoms with Crippen LogP contribution in [0.5, 0.6) is 0 Å². The Morgan fingerprint density at radius 2 is 1.76 bits per heavy atom. The van der Waals surface area contributed by atoms with Crippen molar-refractivity contribution in [3.8, 4) is 0 Å². The maximum atomic E-state index is 13.0. The second-order valence-electron chi connectivity index (χ2n) is 7.33. The van der Waals surface area contributed by atoms with Crippen LogP contribution in [0.25, 0.3) is 0 Å². The minimum absolute atomic E-state index is 0.0104. The van der Waals surface area contributed by atoms with Gasteiger partial charge in [0.05, 0.1) is 0 Å². The maximum Gasteiger partial charge on any atom is 0.254 e. The summed E-state index contributed by atoms with van der Waals surface area (Å²) in [5, 5.41) is 2.80. The average Bonchev–Trinajstić information content (AvgIpc) is 3.23. The van der Waals surface area contributed by atoms with E-state index in [9.17, 15) is 9.59 Å². The Morgan fingerprint density at radius 3 is 2.40 bits per heavy atom. The second-order valence-corrected chi connectivity index (χ2v) is 7.33. The molecule has 0 bridgehead atoms. The predicted molar refractivity (Wildman–Crippen MR) is 98.5 cm³/mol. The lowest BCUT2D eigenvalue weighted by atomic mass is 10.0. The number of nitrogens with one attached hydrogen (secondary N) is 1. The fourth-order valence-electron chi connectivity index (χ4n) is 4.23. The summed E-state index contributed by atoms with van der Waals surface area (Å²) in [5.41, 5.74) is 1.91. The molecule has 0 aromatic heterocycles. The van der Waals surface area contributed by atoms with E-state index in [2.05, 4.69) is 22.2 Å². The Morgan fingerprint density at radius 1 is 1.08 bits per heavy atom. The van der Waals surface area contributed by atoms with Gasteiger partial charge >= 0.3 is 0 Å². The molecule has 0 unspecified atom stereocenters. The Balaban J connectivity index is 1.62. The van der Waals surface area contributed by atoms with E-state index >= 15 is 0 Å². The molecule has 0 aliphatic carbocycles. The number of nitrogens with zero attached hydrogens (tertiary/aromatic N) is 2. The van der Waals surface area contributed by atoms with Crippen molar-refractivity contribution < 1.29 is 9.59 Å². The number of benzene rings is 1. The van der Waals surface area contributed by atoms with Gasteiger partial charge in [-0.15, -0.1) is 0 Å². The molecule has 1 aromatic carbocycles. The zero-order chi connectivity index (χ0) is 17.8. The van der Waals surface area contributed by atoms with Gasteiger partial charge in [-0.2, -0.15) is 0 Å². The Hall–Kier alpha value is -1.88. The molecule has 2 atom stereocenters. The van der Waals surface area contributed by atoms with Crippen LogP contribution in [0.3, 0.4) is 0 Å². The van der Waals surface area contributed by atoms with E-state index in [4.69, 9.17) is 0 Å². The highest BCUT2D eigenvalue weighted by molar-refractivity contribution is 5.94. The first-order valence-electron chi connectivity index (χ1n) is 9.41. The molecular formula is C20H29N3O2. The van der Waals surface area contributed by atoms with Crippen LogP contribution >= 0.6 is 0 Å². The van der Waals surface area contributed by atoms with Crippen molar-refractivity contribution in [2.75, 3.05) is 26.7 Å². The number of rotatable bonds is 5. The highest BCUT2D eigenvalue weighted by Crippen LogP contribution is 2.30. The molecule has 0 radical (unpaired) electrons. The summed E-state index contributed by atoms with van der Waals surface area (Å²) in [5.74, 6) is 0.153. The molecular weight excluding hydrogens is 314 g/mol. The molecule has 136 valence electrons. The molecule has 2 saturated heterocycles. The fourth-order valence-corrected chi connectivity index (χ4v) is 4.23. The third-order valence-electron chi connectivity index (χ3n) is 5.57. The fraction of sp³-hybridized carbons (Fsp3) is 0.600. The summed E-state index contributed by atoms with van der Waals surface area (Å²) < 4.78 is 0. The standard InChI is InChI=1S/C20H29N3O2/c1-15(24)21-12-11-16-7-9-17(10-8-16)20(25)23-14-4-6-19(23)18-5-3-13-22(18)2/h7-10,18-19H,3-6,11-14H2,1-2H3,(H,21,24)/t18-,19-/m1/s1. The number of likely N-dealkylation sites (N-methyl/N-ethyl adjacent to an activating group) is 1. The van der Waals surface area contributed by atoms with Crippen LogP contribution in [0.1, 0.15) is 48.5 Å². The minimum atomic E-state index is -0.0104. The first-order chi connectivity index (χ1) is 12.1. The third-order valence-corrected chi connectivity index (χ3v) is 5.57. The van der Waals surface area contributed by atoms with E-state index < -0.39 is 0 Å². The molecule has 2 amide bonds. The molecule has 2 fully saturated rings. The summed E-state index contributed by atoms with van der Waals surface area (Å²) in [7, 11) is 2.18. The van der Waals surface area contributed by atoms with Gasteiger partial charge in [-0.1, -0.05) is 12.1 Å². The zero-order valence-electron chi connectivity index (χ0n) is 15.3. The Kier molecular flexibility index (Phi) is 5.74. The Labute approximate surface area is 150 Å². The van der Waals surface area contributed by atoms with E-state index in [1.807, 2.05) is 24.3 Å². The first kappa shape index (κ1) is 17.9. The highest BCUT2D eigenvalue weighted by atomic mass is 16.2. The van der Waals surface area contributed by atoms with E-state index in [1.54, 1.807) is 0 Å². The Bertz CT molecular complexity index is 614. The van der Waals surface area contributed by atoms with Crippen molar-refractivity contribution in [3.05, 3.63) is 35.4 Å². The lowest BCUT2D eigenvalue weighted by molar-refractivity contribution is -0.118. The molecule has 2 aliphatic rings. The average molecular weight is 343 g/mol. The lowest BCUT2D eigenvalue weighted by Gasteiger charge is -2.33. The van der Waals surface area contributed by atoms with Gasteiger partial charge in [-0.3, -0.25) is 9.59 Å². The van der Waals surface area contributed by atoms with E-state index in [0.717, 1.165) is 43.5 Å². The third kappa shape index (κ3) is 4.21. The molecule has 0 spiro atoms. The van der Waals surface area contributed by atoms with Gasteiger partial charge in [0.2, 0.25) is 5.91 Å². The van der Waals surface area contributed by atoms with Crippen molar-refractivity contribution in [1.29, 1.82) is 0 Å². The summed E-state index contributed by atoms with van der Waals surface area (Å²) in [6.07, 6.45) is 5.45. The maximum absolute atomic E-state index is 13.0. The smallest absolute Gasteiger partial charge is 0.254 e. The summed E-state index contributed by atoms with van der Waals surface area (Å²) in [6, 6.07) is 8.74. The van der Waals surface area contributed by atoms with Gasteiger partial charge < -0.3 is 15.1 Å². The molecule has 2 aliphatic heterocycles. The molecule has 1 aromatic rings. The van der Waals surface area contributed by atoms with Gasteiger partial charge in [0.15, 0.2) is 0 Å².